The number of aromatic nitrogens is 3. The minimum absolute atomic E-state index is 0.0620. The molecule has 4 rings (SSSR count). The van der Waals surface area contributed by atoms with Gasteiger partial charge in [-0.05, 0) is 24.3 Å². The van der Waals surface area contributed by atoms with Crippen LogP contribution in [-0.4, -0.2) is 9.78 Å². The summed E-state index contributed by atoms with van der Waals surface area (Å²) in [4.78, 5) is 12.8. The van der Waals surface area contributed by atoms with Gasteiger partial charge in [-0.15, -0.1) is 0 Å². The third-order valence-electron chi connectivity index (χ3n) is 4.30. The lowest BCUT2D eigenvalue weighted by molar-refractivity contribution is -0.644. The number of benzene rings is 2. The van der Waals surface area contributed by atoms with E-state index in [0.29, 0.717) is 11.0 Å². The first-order valence-corrected chi connectivity index (χ1v) is 8.04. The first kappa shape index (κ1) is 16.7. The average molecular weight is 379 g/mol. The van der Waals surface area contributed by atoms with E-state index in [0.717, 1.165) is 27.6 Å². The van der Waals surface area contributed by atoms with Gasteiger partial charge in [0, 0.05) is 10.8 Å². The molecular weight excluding hydrogens is 367 g/mol. The molecule has 8 heteroatoms. The minimum Gasteiger partial charge on any atom is -0.284 e. The van der Waals surface area contributed by atoms with Crippen LogP contribution in [-0.2, 0) is 13.2 Å². The fourth-order valence-corrected chi connectivity index (χ4v) is 3.33. The highest BCUT2D eigenvalue weighted by Crippen LogP contribution is 2.35. The van der Waals surface area contributed by atoms with Crippen molar-refractivity contribution in [2.45, 2.75) is 6.18 Å². The molecule has 2 aromatic heterocycles. The van der Waals surface area contributed by atoms with Crippen molar-refractivity contribution in [1.82, 2.24) is 9.78 Å². The summed E-state index contributed by atoms with van der Waals surface area (Å²) in [7, 11) is 1.72. The fourth-order valence-electron chi connectivity index (χ4n) is 3.11. The molecule has 0 spiro atoms. The Morgan fingerprint density at radius 2 is 1.88 bits per heavy atom. The zero-order chi connectivity index (χ0) is 18.6. The van der Waals surface area contributed by atoms with E-state index in [2.05, 4.69) is 5.10 Å². The molecule has 0 aliphatic heterocycles. The normalized spacial score (nSPS) is 12.2. The highest BCUT2D eigenvalue weighted by Gasteiger charge is 2.34. The van der Waals surface area contributed by atoms with Crippen LogP contribution in [0.3, 0.4) is 0 Å². The van der Waals surface area contributed by atoms with Crippen molar-refractivity contribution in [3.8, 4) is 5.69 Å². The van der Waals surface area contributed by atoms with Crippen LogP contribution in [0.25, 0.3) is 27.5 Å². The van der Waals surface area contributed by atoms with Crippen LogP contribution in [0, 0.1) is 0 Å². The van der Waals surface area contributed by atoms with E-state index >= 15 is 0 Å². The second kappa shape index (κ2) is 5.60. The number of aromatic amines is 1. The molecule has 1 N–H and O–H groups in total. The summed E-state index contributed by atoms with van der Waals surface area (Å²) in [6.07, 6.45) is -2.81. The predicted molar refractivity (Wildman–Crippen MR) is 92.6 cm³/mol. The maximum absolute atomic E-state index is 13.1. The summed E-state index contributed by atoms with van der Waals surface area (Å²) in [5, 5.41) is 4.23. The van der Waals surface area contributed by atoms with E-state index in [9.17, 15) is 18.0 Å². The Morgan fingerprint density at radius 1 is 1.15 bits per heavy atom. The molecule has 0 amide bonds. The number of alkyl halides is 3. The van der Waals surface area contributed by atoms with Crippen LogP contribution in [0.2, 0.25) is 5.02 Å². The van der Waals surface area contributed by atoms with E-state index in [1.165, 1.54) is 6.07 Å². The van der Waals surface area contributed by atoms with E-state index in [1.807, 2.05) is 24.3 Å². The highest BCUT2D eigenvalue weighted by atomic mass is 35.5. The summed E-state index contributed by atoms with van der Waals surface area (Å²) in [6.45, 7) is 0. The van der Waals surface area contributed by atoms with Gasteiger partial charge in [0.15, 0.2) is 6.20 Å². The topological polar surface area (TPSA) is 41.7 Å². The first-order chi connectivity index (χ1) is 12.3. The van der Waals surface area contributed by atoms with Gasteiger partial charge in [-0.3, -0.25) is 9.89 Å². The van der Waals surface area contributed by atoms with Gasteiger partial charge in [-0.2, -0.15) is 17.7 Å². The first-order valence-electron chi connectivity index (χ1n) is 7.66. The number of halogens is 4. The molecule has 0 fully saturated rings. The van der Waals surface area contributed by atoms with Gasteiger partial charge in [-0.1, -0.05) is 29.8 Å². The molecule has 0 aliphatic rings. The number of fused-ring (bicyclic) bond motifs is 3. The molecule has 0 bridgehead atoms. The largest absolute Gasteiger partial charge is 0.417 e. The van der Waals surface area contributed by atoms with Crippen LogP contribution in [0.1, 0.15) is 5.56 Å². The lowest BCUT2D eigenvalue weighted by Gasteiger charge is -2.10. The highest BCUT2D eigenvalue weighted by molar-refractivity contribution is 6.31. The van der Waals surface area contributed by atoms with Gasteiger partial charge in [0.2, 0.25) is 0 Å². The quantitative estimate of drug-likeness (QED) is 0.500. The van der Waals surface area contributed by atoms with Crippen molar-refractivity contribution < 1.29 is 17.7 Å². The SMILES string of the molecule is C[n+]1cc2ccccc2c2[nH]n(-c3ccc(Cl)c(C(F)(F)F)c3)c(=O)c21. The molecule has 132 valence electrons. The predicted octanol–water partition coefficient (Wildman–Crippen LogP) is 3.97. The van der Waals surface area contributed by atoms with Crippen LogP contribution in [0.5, 0.6) is 0 Å². The molecule has 4 nitrogen and oxygen atoms in total. The Kier molecular flexibility index (Phi) is 3.59. The number of nitrogens with one attached hydrogen (secondary N) is 1. The molecule has 0 radical (unpaired) electrons. The summed E-state index contributed by atoms with van der Waals surface area (Å²) in [5.74, 6) is 0. The van der Waals surface area contributed by atoms with Crippen LogP contribution in [0.4, 0.5) is 13.2 Å². The second-order valence-corrected chi connectivity index (χ2v) is 6.37. The third-order valence-corrected chi connectivity index (χ3v) is 4.62. The lowest BCUT2D eigenvalue weighted by atomic mass is 10.1. The molecule has 0 atom stereocenters. The van der Waals surface area contributed by atoms with Gasteiger partial charge < -0.3 is 0 Å². The van der Waals surface area contributed by atoms with Gasteiger partial charge in [-0.25, -0.2) is 4.68 Å². The monoisotopic (exact) mass is 378 g/mol. The van der Waals surface area contributed by atoms with Crippen LogP contribution in [0.15, 0.2) is 53.5 Å². The Bertz CT molecular complexity index is 1220. The number of hydrogen-bond donors (Lipinski definition) is 1. The van der Waals surface area contributed by atoms with Gasteiger partial charge in [0.05, 0.1) is 16.3 Å². The molecule has 4 aromatic rings. The van der Waals surface area contributed by atoms with Crippen molar-refractivity contribution in [3.05, 3.63) is 69.6 Å². The Morgan fingerprint density at radius 3 is 2.62 bits per heavy atom. The number of pyridine rings is 1. The van der Waals surface area contributed by atoms with Crippen molar-refractivity contribution >= 4 is 33.4 Å². The van der Waals surface area contributed by atoms with Gasteiger partial charge in [0.25, 0.3) is 5.52 Å². The third kappa shape index (κ3) is 2.47. The van der Waals surface area contributed by atoms with Crippen molar-refractivity contribution in [1.29, 1.82) is 0 Å². The second-order valence-electron chi connectivity index (χ2n) is 5.97. The summed E-state index contributed by atoms with van der Waals surface area (Å²) < 4.78 is 42.2. The zero-order valence-corrected chi connectivity index (χ0v) is 14.2. The molecule has 0 saturated carbocycles. The molecule has 0 saturated heterocycles. The van der Waals surface area contributed by atoms with Crippen molar-refractivity contribution in [2.24, 2.45) is 7.05 Å². The lowest BCUT2D eigenvalue weighted by Crippen LogP contribution is -2.33. The van der Waals surface area contributed by atoms with Crippen LogP contribution < -0.4 is 10.1 Å². The molecular formula is C18H12ClF3N3O+. The fraction of sp³-hybridized carbons (Fsp3) is 0.111. The number of H-pyrrole nitrogens is 1. The minimum atomic E-state index is -4.61. The zero-order valence-electron chi connectivity index (χ0n) is 13.4. The van der Waals surface area contributed by atoms with Crippen molar-refractivity contribution in [2.75, 3.05) is 0 Å². The van der Waals surface area contributed by atoms with E-state index in [4.69, 9.17) is 11.6 Å². The summed E-state index contributed by atoms with van der Waals surface area (Å²) in [6, 6.07) is 10.8. The van der Waals surface area contributed by atoms with Gasteiger partial charge >= 0.3 is 11.7 Å². The maximum Gasteiger partial charge on any atom is 0.417 e. The number of hydrogen-bond acceptors (Lipinski definition) is 1. The van der Waals surface area contributed by atoms with Crippen molar-refractivity contribution in [3.63, 3.8) is 0 Å². The average Bonchev–Trinajstić information content (AvgIpc) is 2.93. The number of nitrogens with zero attached hydrogens (tertiary/aromatic N) is 2. The summed E-state index contributed by atoms with van der Waals surface area (Å²) >= 11 is 5.67. The Labute approximate surface area is 150 Å². The molecule has 0 unspecified atom stereocenters. The smallest absolute Gasteiger partial charge is 0.284 e. The number of aryl methyl sites for hydroxylation is 1. The Hall–Kier alpha value is -2.80. The number of rotatable bonds is 1. The van der Waals surface area contributed by atoms with Gasteiger partial charge in [0.1, 0.15) is 12.6 Å². The van der Waals surface area contributed by atoms with E-state index < -0.39 is 22.3 Å². The summed E-state index contributed by atoms with van der Waals surface area (Å²) in [5.41, 5.74) is -0.446. The molecule has 2 heterocycles. The molecule has 2 aromatic carbocycles. The maximum atomic E-state index is 13.1. The van der Waals surface area contributed by atoms with Crippen LogP contribution >= 0.6 is 11.6 Å². The van der Waals surface area contributed by atoms with E-state index in [-0.39, 0.29) is 5.69 Å². The molecule has 0 aliphatic carbocycles. The van der Waals surface area contributed by atoms with E-state index in [1.54, 1.807) is 17.8 Å². The molecule has 26 heavy (non-hydrogen) atoms. The standard InChI is InChI=1S/C18H11ClF3N3O/c1-24-9-10-4-2-3-5-12(10)15-16(24)17(26)25(23-15)11-6-7-14(19)13(8-11)18(20,21)22/h2-9H,1H3/p+1. The Balaban J connectivity index is 2.05.